The van der Waals surface area contributed by atoms with Gasteiger partial charge >= 0.3 is 0 Å². The number of nitrogens with one attached hydrogen (secondary N) is 2. The highest BCUT2D eigenvalue weighted by molar-refractivity contribution is 7.90. The Bertz CT molecular complexity index is 797. The van der Waals surface area contributed by atoms with Crippen molar-refractivity contribution in [2.75, 3.05) is 11.1 Å². The molecule has 1 aliphatic rings. The van der Waals surface area contributed by atoms with Crippen molar-refractivity contribution in [1.82, 2.24) is 10.2 Å². The number of amides is 1. The van der Waals surface area contributed by atoms with E-state index >= 15 is 0 Å². The number of carbonyl (C=O) groups excluding carboxylic acids is 1. The van der Waals surface area contributed by atoms with Crippen molar-refractivity contribution in [3.63, 3.8) is 0 Å². The Morgan fingerprint density at radius 2 is 2.00 bits per heavy atom. The predicted octanol–water partition coefficient (Wildman–Crippen LogP) is 1.27. The third-order valence-corrected chi connectivity index (χ3v) is 4.85. The molecule has 0 aliphatic carbocycles. The average molecular weight is 309 g/mol. The largest absolute Gasteiger partial charge is 0.321 e. The maximum atomic E-state index is 12.8. The molecular formula is C13H12FN3O3S. The molecule has 0 spiro atoms. The van der Waals surface area contributed by atoms with Gasteiger partial charge in [0.15, 0.2) is 15.5 Å². The van der Waals surface area contributed by atoms with Gasteiger partial charge in [0.2, 0.25) is 0 Å². The first-order valence-electron chi connectivity index (χ1n) is 6.28. The van der Waals surface area contributed by atoms with E-state index in [1.165, 1.54) is 24.3 Å². The lowest BCUT2D eigenvalue weighted by Gasteiger charge is -2.12. The molecule has 6 nitrogen and oxygen atoms in total. The van der Waals surface area contributed by atoms with Gasteiger partial charge in [-0.2, -0.15) is 5.10 Å². The number of benzene rings is 1. The fourth-order valence-electron chi connectivity index (χ4n) is 2.22. The average Bonchev–Trinajstić information content (AvgIpc) is 2.83. The summed E-state index contributed by atoms with van der Waals surface area (Å²) in [4.78, 5) is 12.2. The summed E-state index contributed by atoms with van der Waals surface area (Å²) < 4.78 is 36.1. The van der Waals surface area contributed by atoms with Gasteiger partial charge in [-0.25, -0.2) is 12.8 Å². The highest BCUT2D eigenvalue weighted by atomic mass is 32.2. The number of aromatic nitrogens is 2. The number of nitrogens with zero attached hydrogens (tertiary/aromatic N) is 1. The van der Waals surface area contributed by atoms with Crippen molar-refractivity contribution in [2.24, 2.45) is 0 Å². The summed E-state index contributed by atoms with van der Waals surface area (Å²) in [5.41, 5.74) is 1.57. The van der Waals surface area contributed by atoms with E-state index in [-0.39, 0.29) is 17.2 Å². The number of carbonyl (C=O) groups is 1. The van der Waals surface area contributed by atoms with Crippen LogP contribution in [0.15, 0.2) is 24.3 Å². The molecular weight excluding hydrogens is 297 g/mol. The molecule has 0 saturated carbocycles. The van der Waals surface area contributed by atoms with Crippen molar-refractivity contribution < 1.29 is 17.6 Å². The quantitative estimate of drug-likeness (QED) is 0.874. The number of rotatable bonds is 2. The Hall–Kier alpha value is -2.22. The van der Waals surface area contributed by atoms with Gasteiger partial charge < -0.3 is 5.32 Å². The van der Waals surface area contributed by atoms with Crippen LogP contribution in [-0.4, -0.2) is 30.3 Å². The van der Waals surface area contributed by atoms with Gasteiger partial charge in [0, 0.05) is 23.4 Å². The Morgan fingerprint density at radius 3 is 2.71 bits per heavy atom. The van der Waals surface area contributed by atoms with E-state index in [1.54, 1.807) is 0 Å². The van der Waals surface area contributed by atoms with Crippen LogP contribution in [0, 0.1) is 5.82 Å². The van der Waals surface area contributed by atoms with Crippen LogP contribution >= 0.6 is 0 Å². The van der Waals surface area contributed by atoms with Crippen LogP contribution in [0.3, 0.4) is 0 Å². The minimum atomic E-state index is -3.19. The van der Waals surface area contributed by atoms with E-state index in [0.29, 0.717) is 23.4 Å². The zero-order chi connectivity index (χ0) is 15.0. The number of H-pyrrole nitrogens is 1. The third kappa shape index (κ3) is 2.80. The third-order valence-electron chi connectivity index (χ3n) is 3.30. The SMILES string of the molecule is O=C(Nc1ccc(F)cc1)c1n[nH]c2c1CS(=O)(=O)CC2. The maximum absolute atomic E-state index is 12.8. The molecule has 2 N–H and O–H groups in total. The van der Waals surface area contributed by atoms with Crippen LogP contribution in [0.2, 0.25) is 0 Å². The van der Waals surface area contributed by atoms with Gasteiger partial charge in [-0.1, -0.05) is 0 Å². The van der Waals surface area contributed by atoms with Crippen LogP contribution in [-0.2, 0) is 22.0 Å². The van der Waals surface area contributed by atoms with Gasteiger partial charge in [0.05, 0.1) is 11.5 Å². The summed E-state index contributed by atoms with van der Waals surface area (Å²) in [5.74, 6) is -1.06. The number of fused-ring (bicyclic) bond motifs is 1. The Morgan fingerprint density at radius 1 is 1.29 bits per heavy atom. The van der Waals surface area contributed by atoms with Crippen molar-refractivity contribution in [3.8, 4) is 0 Å². The van der Waals surface area contributed by atoms with Crippen LogP contribution in [0.4, 0.5) is 10.1 Å². The van der Waals surface area contributed by atoms with Gasteiger partial charge in [-0.05, 0) is 24.3 Å². The van der Waals surface area contributed by atoms with E-state index in [2.05, 4.69) is 15.5 Å². The highest BCUT2D eigenvalue weighted by Crippen LogP contribution is 2.22. The first kappa shape index (κ1) is 13.7. The summed E-state index contributed by atoms with van der Waals surface area (Å²) in [6.45, 7) is 0. The smallest absolute Gasteiger partial charge is 0.276 e. The monoisotopic (exact) mass is 309 g/mol. The number of halogens is 1. The minimum Gasteiger partial charge on any atom is -0.321 e. The van der Waals surface area contributed by atoms with Crippen molar-refractivity contribution in [3.05, 3.63) is 47.0 Å². The fourth-order valence-corrected chi connectivity index (χ4v) is 3.63. The highest BCUT2D eigenvalue weighted by Gasteiger charge is 2.28. The second-order valence-electron chi connectivity index (χ2n) is 4.83. The number of aromatic amines is 1. The van der Waals surface area contributed by atoms with E-state index in [1.807, 2.05) is 0 Å². The molecule has 3 rings (SSSR count). The van der Waals surface area contributed by atoms with Gasteiger partial charge in [-0.15, -0.1) is 0 Å². The van der Waals surface area contributed by atoms with Crippen LogP contribution < -0.4 is 5.32 Å². The zero-order valence-electron chi connectivity index (χ0n) is 10.9. The molecule has 0 bridgehead atoms. The Balaban J connectivity index is 1.86. The molecule has 0 saturated heterocycles. The topological polar surface area (TPSA) is 91.9 Å². The van der Waals surface area contributed by atoms with Gasteiger partial charge in [0.25, 0.3) is 5.91 Å². The fraction of sp³-hybridized carbons (Fsp3) is 0.231. The van der Waals surface area contributed by atoms with Gasteiger partial charge in [0.1, 0.15) is 5.82 Å². The maximum Gasteiger partial charge on any atom is 0.276 e. The summed E-state index contributed by atoms with van der Waals surface area (Å²) >= 11 is 0. The zero-order valence-corrected chi connectivity index (χ0v) is 11.7. The molecule has 1 amide bonds. The second-order valence-corrected chi connectivity index (χ2v) is 7.02. The molecule has 2 heterocycles. The Kier molecular flexibility index (Phi) is 3.25. The molecule has 0 atom stereocenters. The molecule has 0 radical (unpaired) electrons. The number of sulfone groups is 1. The lowest BCUT2D eigenvalue weighted by Crippen LogP contribution is -2.21. The van der Waals surface area contributed by atoms with Crippen LogP contribution in [0.1, 0.15) is 21.7 Å². The molecule has 0 unspecified atom stereocenters. The molecule has 110 valence electrons. The lowest BCUT2D eigenvalue weighted by atomic mass is 10.1. The number of hydrogen-bond donors (Lipinski definition) is 2. The number of aryl methyl sites for hydroxylation is 1. The molecule has 1 aromatic carbocycles. The van der Waals surface area contributed by atoms with Crippen LogP contribution in [0.25, 0.3) is 0 Å². The number of anilines is 1. The van der Waals surface area contributed by atoms with Gasteiger partial charge in [-0.3, -0.25) is 9.89 Å². The predicted molar refractivity (Wildman–Crippen MR) is 74.1 cm³/mol. The molecule has 0 fully saturated rings. The van der Waals surface area contributed by atoms with E-state index < -0.39 is 21.6 Å². The molecule has 21 heavy (non-hydrogen) atoms. The lowest BCUT2D eigenvalue weighted by molar-refractivity contribution is 0.102. The molecule has 2 aromatic rings. The van der Waals surface area contributed by atoms with E-state index in [0.717, 1.165) is 0 Å². The summed E-state index contributed by atoms with van der Waals surface area (Å²) in [6, 6.07) is 5.28. The van der Waals surface area contributed by atoms with Crippen LogP contribution in [0.5, 0.6) is 0 Å². The normalized spacial score (nSPS) is 16.2. The van der Waals surface area contributed by atoms with Crippen molar-refractivity contribution >= 4 is 21.4 Å². The van der Waals surface area contributed by atoms with Crippen molar-refractivity contribution in [2.45, 2.75) is 12.2 Å². The molecule has 1 aliphatic heterocycles. The number of hydrogen-bond acceptors (Lipinski definition) is 4. The first-order chi connectivity index (χ1) is 9.94. The second kappa shape index (κ2) is 4.96. The summed E-state index contributed by atoms with van der Waals surface area (Å²) in [5, 5.41) is 9.17. The van der Waals surface area contributed by atoms with E-state index in [9.17, 15) is 17.6 Å². The van der Waals surface area contributed by atoms with E-state index in [4.69, 9.17) is 0 Å². The molecule has 1 aromatic heterocycles. The Labute approximate surface area is 120 Å². The summed E-state index contributed by atoms with van der Waals surface area (Å²) in [7, 11) is -3.19. The van der Waals surface area contributed by atoms with Crippen molar-refractivity contribution in [1.29, 1.82) is 0 Å². The first-order valence-corrected chi connectivity index (χ1v) is 8.10. The minimum absolute atomic E-state index is 0.0568. The molecule has 8 heteroatoms. The standard InChI is InChI=1S/C13H12FN3O3S/c14-8-1-3-9(4-2-8)15-13(18)12-10-7-21(19,20)6-5-11(10)16-17-12/h1-4H,5-7H2,(H,15,18)(H,16,17). The summed E-state index contributed by atoms with van der Waals surface area (Å²) in [6.07, 6.45) is 0.328.